The van der Waals surface area contributed by atoms with Gasteiger partial charge >= 0.3 is 0 Å². The zero-order chi connectivity index (χ0) is 17.3. The van der Waals surface area contributed by atoms with Crippen LogP contribution in [0.1, 0.15) is 36.2 Å². The summed E-state index contributed by atoms with van der Waals surface area (Å²) in [6, 6.07) is 9.64. The monoisotopic (exact) mass is 326 g/mol. The normalized spacial score (nSPS) is 16.6. The van der Waals surface area contributed by atoms with Gasteiger partial charge < -0.3 is 10.2 Å². The van der Waals surface area contributed by atoms with E-state index in [9.17, 15) is 9.59 Å². The molecule has 1 aromatic heterocycles. The maximum atomic E-state index is 12.5. The number of benzene rings is 1. The van der Waals surface area contributed by atoms with E-state index in [-0.39, 0.29) is 24.3 Å². The van der Waals surface area contributed by atoms with E-state index in [2.05, 4.69) is 16.5 Å². The molecule has 6 heteroatoms. The van der Waals surface area contributed by atoms with E-state index in [1.807, 2.05) is 31.2 Å². The summed E-state index contributed by atoms with van der Waals surface area (Å²) >= 11 is 0. The van der Waals surface area contributed by atoms with E-state index in [1.165, 1.54) is 5.56 Å². The molecular formula is C18H22N4O2. The molecule has 1 aliphatic rings. The van der Waals surface area contributed by atoms with Crippen LogP contribution in [-0.2, 0) is 23.1 Å². The van der Waals surface area contributed by atoms with Gasteiger partial charge in [0.2, 0.25) is 11.8 Å². The van der Waals surface area contributed by atoms with Crippen LogP contribution in [0.5, 0.6) is 0 Å². The van der Waals surface area contributed by atoms with Crippen molar-refractivity contribution < 1.29 is 9.59 Å². The van der Waals surface area contributed by atoms with Gasteiger partial charge in [0.25, 0.3) is 0 Å². The summed E-state index contributed by atoms with van der Waals surface area (Å²) in [4.78, 5) is 26.3. The van der Waals surface area contributed by atoms with Crippen molar-refractivity contribution >= 4 is 17.6 Å². The Morgan fingerprint density at radius 2 is 2.08 bits per heavy atom. The molecule has 0 aliphatic carbocycles. The van der Waals surface area contributed by atoms with Crippen molar-refractivity contribution in [2.45, 2.75) is 32.7 Å². The molecule has 2 amide bonds. The quantitative estimate of drug-likeness (QED) is 0.940. The first-order valence-electron chi connectivity index (χ1n) is 8.11. The van der Waals surface area contributed by atoms with Gasteiger partial charge in [0.15, 0.2) is 0 Å². The van der Waals surface area contributed by atoms with Crippen molar-refractivity contribution in [3.05, 3.63) is 47.2 Å². The molecule has 0 radical (unpaired) electrons. The predicted molar refractivity (Wildman–Crippen MR) is 91.5 cm³/mol. The number of hydrogen-bond acceptors (Lipinski definition) is 3. The summed E-state index contributed by atoms with van der Waals surface area (Å²) < 4.78 is 1.64. The molecular weight excluding hydrogens is 304 g/mol. The van der Waals surface area contributed by atoms with Crippen molar-refractivity contribution in [2.75, 3.05) is 11.9 Å². The predicted octanol–water partition coefficient (Wildman–Crippen LogP) is 2.20. The molecule has 1 atom stereocenters. The molecule has 1 unspecified atom stereocenters. The lowest BCUT2D eigenvalue weighted by molar-refractivity contribution is -0.132. The van der Waals surface area contributed by atoms with Gasteiger partial charge in [-0.25, -0.2) is 0 Å². The van der Waals surface area contributed by atoms with Crippen LogP contribution in [0.3, 0.4) is 0 Å². The van der Waals surface area contributed by atoms with Gasteiger partial charge in [-0.15, -0.1) is 0 Å². The first-order chi connectivity index (χ1) is 11.5. The van der Waals surface area contributed by atoms with Crippen LogP contribution in [0, 0.1) is 6.92 Å². The average Bonchev–Trinajstić information content (AvgIpc) is 2.84. The minimum Gasteiger partial charge on any atom is -0.335 e. The topological polar surface area (TPSA) is 67.2 Å². The SMILES string of the molecule is CC(=O)N1CCc2ccccc2C1CC(=O)Nc1cc(C)nn1C. The number of hydrogen-bond donors (Lipinski definition) is 1. The number of carbonyl (C=O) groups is 2. The fourth-order valence-corrected chi connectivity index (χ4v) is 3.35. The first kappa shape index (κ1) is 16.2. The van der Waals surface area contributed by atoms with Gasteiger partial charge in [-0.2, -0.15) is 5.10 Å². The molecule has 3 rings (SSSR count). The molecule has 1 aromatic carbocycles. The number of aryl methyl sites for hydroxylation is 2. The Morgan fingerprint density at radius 1 is 1.33 bits per heavy atom. The smallest absolute Gasteiger partial charge is 0.227 e. The molecule has 2 aromatic rings. The van der Waals surface area contributed by atoms with E-state index >= 15 is 0 Å². The summed E-state index contributed by atoms with van der Waals surface area (Å²) in [6.07, 6.45) is 1.07. The van der Waals surface area contributed by atoms with Crippen LogP contribution in [0.25, 0.3) is 0 Å². The number of rotatable bonds is 3. The molecule has 0 fully saturated rings. The Hall–Kier alpha value is -2.63. The second-order valence-corrected chi connectivity index (χ2v) is 6.22. The summed E-state index contributed by atoms with van der Waals surface area (Å²) in [5, 5.41) is 7.12. The summed E-state index contributed by atoms with van der Waals surface area (Å²) in [6.45, 7) is 4.09. The van der Waals surface area contributed by atoms with Gasteiger partial charge in [0.1, 0.15) is 5.82 Å². The third-order valence-corrected chi connectivity index (χ3v) is 4.47. The van der Waals surface area contributed by atoms with Crippen LogP contribution in [0.2, 0.25) is 0 Å². The summed E-state index contributed by atoms with van der Waals surface area (Å²) in [5.41, 5.74) is 3.13. The van der Waals surface area contributed by atoms with Crippen molar-refractivity contribution in [3.8, 4) is 0 Å². The molecule has 0 spiro atoms. The van der Waals surface area contributed by atoms with Gasteiger partial charge in [0.05, 0.1) is 18.2 Å². The Kier molecular flexibility index (Phi) is 4.38. The maximum Gasteiger partial charge on any atom is 0.227 e. The fraction of sp³-hybridized carbons (Fsp3) is 0.389. The van der Waals surface area contributed by atoms with Crippen molar-refractivity contribution in [2.24, 2.45) is 7.05 Å². The number of fused-ring (bicyclic) bond motifs is 1. The number of aromatic nitrogens is 2. The van der Waals surface area contributed by atoms with Gasteiger partial charge in [0, 0.05) is 26.6 Å². The molecule has 0 saturated heterocycles. The highest BCUT2D eigenvalue weighted by Crippen LogP contribution is 2.32. The standard InChI is InChI=1S/C18H22N4O2/c1-12-10-17(21(3)20-12)19-18(24)11-16-15-7-5-4-6-14(15)8-9-22(16)13(2)23/h4-7,10,16H,8-9,11H2,1-3H3,(H,19,24). The van der Waals surface area contributed by atoms with E-state index in [4.69, 9.17) is 0 Å². The number of nitrogens with zero attached hydrogens (tertiary/aromatic N) is 3. The molecule has 0 bridgehead atoms. The number of anilines is 1. The van der Waals surface area contributed by atoms with E-state index in [0.717, 1.165) is 17.7 Å². The lowest BCUT2D eigenvalue weighted by atomic mass is 9.90. The minimum absolute atomic E-state index is 0.00122. The largest absolute Gasteiger partial charge is 0.335 e. The summed E-state index contributed by atoms with van der Waals surface area (Å²) in [7, 11) is 1.79. The second-order valence-electron chi connectivity index (χ2n) is 6.22. The van der Waals surface area contributed by atoms with Crippen molar-refractivity contribution in [1.82, 2.24) is 14.7 Å². The van der Waals surface area contributed by atoms with Crippen molar-refractivity contribution in [3.63, 3.8) is 0 Å². The Balaban J connectivity index is 1.81. The van der Waals surface area contributed by atoms with Gasteiger partial charge in [-0.1, -0.05) is 24.3 Å². The second kappa shape index (κ2) is 6.47. The zero-order valence-corrected chi connectivity index (χ0v) is 14.2. The van der Waals surface area contributed by atoms with Crippen LogP contribution in [0.15, 0.2) is 30.3 Å². The Bertz CT molecular complexity index is 781. The molecule has 0 saturated carbocycles. The van der Waals surface area contributed by atoms with Gasteiger partial charge in [-0.05, 0) is 24.5 Å². The molecule has 2 heterocycles. The Morgan fingerprint density at radius 3 is 2.75 bits per heavy atom. The Labute approximate surface area is 141 Å². The van der Waals surface area contributed by atoms with Crippen molar-refractivity contribution in [1.29, 1.82) is 0 Å². The lowest BCUT2D eigenvalue weighted by Crippen LogP contribution is -2.40. The number of amides is 2. The lowest BCUT2D eigenvalue weighted by Gasteiger charge is -2.36. The highest BCUT2D eigenvalue weighted by atomic mass is 16.2. The first-order valence-corrected chi connectivity index (χ1v) is 8.11. The van der Waals surface area contributed by atoms with Crippen LogP contribution >= 0.6 is 0 Å². The molecule has 1 N–H and O–H groups in total. The molecule has 1 aliphatic heterocycles. The molecule has 6 nitrogen and oxygen atoms in total. The third-order valence-electron chi connectivity index (χ3n) is 4.47. The maximum absolute atomic E-state index is 12.5. The van der Waals surface area contributed by atoms with E-state index < -0.39 is 0 Å². The average molecular weight is 326 g/mol. The number of nitrogens with one attached hydrogen (secondary N) is 1. The van der Waals surface area contributed by atoms with Gasteiger partial charge in [-0.3, -0.25) is 14.3 Å². The summed E-state index contributed by atoms with van der Waals surface area (Å²) in [5.74, 6) is 0.542. The van der Waals surface area contributed by atoms with E-state index in [1.54, 1.807) is 23.6 Å². The zero-order valence-electron chi connectivity index (χ0n) is 14.2. The van der Waals surface area contributed by atoms with Crippen LogP contribution in [0.4, 0.5) is 5.82 Å². The number of carbonyl (C=O) groups excluding carboxylic acids is 2. The van der Waals surface area contributed by atoms with Crippen LogP contribution in [-0.4, -0.2) is 33.0 Å². The van der Waals surface area contributed by atoms with E-state index in [0.29, 0.717) is 12.4 Å². The third kappa shape index (κ3) is 3.18. The fourth-order valence-electron chi connectivity index (χ4n) is 3.35. The highest BCUT2D eigenvalue weighted by molar-refractivity contribution is 5.91. The minimum atomic E-state index is -0.221. The van der Waals surface area contributed by atoms with Crippen LogP contribution < -0.4 is 5.32 Å². The highest BCUT2D eigenvalue weighted by Gasteiger charge is 2.30. The molecule has 24 heavy (non-hydrogen) atoms. The molecule has 126 valence electrons.